The van der Waals surface area contributed by atoms with Crippen molar-refractivity contribution in [2.75, 3.05) is 46.5 Å². The van der Waals surface area contributed by atoms with Crippen LogP contribution in [-0.2, 0) is 17.7 Å². The molecule has 7 heteroatoms. The summed E-state index contributed by atoms with van der Waals surface area (Å²) in [5.41, 5.74) is 2.46. The summed E-state index contributed by atoms with van der Waals surface area (Å²) in [6.45, 7) is 5.63. The minimum Gasteiger partial charge on any atom is -0.491 e. The molecule has 0 aromatic heterocycles. The zero-order chi connectivity index (χ0) is 22.3. The van der Waals surface area contributed by atoms with Crippen LogP contribution in [0.3, 0.4) is 0 Å². The second-order valence-electron chi connectivity index (χ2n) is 8.73. The van der Waals surface area contributed by atoms with Gasteiger partial charge in [-0.2, -0.15) is 0 Å². The first-order valence-corrected chi connectivity index (χ1v) is 12.1. The van der Waals surface area contributed by atoms with Gasteiger partial charge in [0, 0.05) is 37.8 Å². The van der Waals surface area contributed by atoms with Gasteiger partial charge >= 0.3 is 6.03 Å². The van der Waals surface area contributed by atoms with Crippen LogP contribution in [0, 0.1) is 5.92 Å². The average Bonchev–Trinajstić information content (AvgIpc) is 3.37. The molecule has 1 N–H and O–H groups in total. The highest BCUT2D eigenvalue weighted by Gasteiger charge is 2.32. The van der Waals surface area contributed by atoms with Crippen LogP contribution in [0.2, 0.25) is 0 Å². The monoisotopic (exact) mass is 501 g/mol. The molecule has 2 atom stereocenters. The zero-order valence-electron chi connectivity index (χ0n) is 18.6. The molecule has 4 rings (SSSR count). The molecule has 2 aromatic carbocycles. The molecule has 2 unspecified atom stereocenters. The molecule has 2 fully saturated rings. The van der Waals surface area contributed by atoms with Crippen molar-refractivity contribution in [3.05, 3.63) is 64.1 Å². The van der Waals surface area contributed by atoms with E-state index in [1.54, 1.807) is 7.11 Å². The first kappa shape index (κ1) is 23.1. The Labute approximate surface area is 199 Å². The molecule has 0 saturated carbocycles. The van der Waals surface area contributed by atoms with E-state index in [1.165, 1.54) is 17.5 Å². The Bertz CT molecular complexity index is 895. The molecular weight excluding hydrogens is 470 g/mol. The maximum Gasteiger partial charge on any atom is 0.318 e. The van der Waals surface area contributed by atoms with E-state index in [1.807, 2.05) is 29.2 Å². The van der Waals surface area contributed by atoms with Crippen LogP contribution in [0.15, 0.2) is 53.0 Å². The number of nitrogens with one attached hydrogen (secondary N) is 1. The number of hydrogen-bond acceptors (Lipinski definition) is 4. The summed E-state index contributed by atoms with van der Waals surface area (Å²) >= 11 is 3.70. The highest BCUT2D eigenvalue weighted by atomic mass is 79.9. The predicted molar refractivity (Wildman–Crippen MR) is 129 cm³/mol. The number of carbonyl (C=O) groups is 1. The number of amides is 2. The van der Waals surface area contributed by atoms with Gasteiger partial charge in [0.05, 0.1) is 12.6 Å². The van der Waals surface area contributed by atoms with Crippen molar-refractivity contribution in [3.63, 3.8) is 0 Å². The molecule has 0 spiro atoms. The van der Waals surface area contributed by atoms with Crippen molar-refractivity contribution < 1.29 is 14.3 Å². The fraction of sp³-hybridized carbons (Fsp3) is 0.480. The van der Waals surface area contributed by atoms with E-state index < -0.39 is 0 Å². The molecule has 2 heterocycles. The summed E-state index contributed by atoms with van der Waals surface area (Å²) in [5.74, 6) is 1.50. The van der Waals surface area contributed by atoms with Crippen molar-refractivity contribution in [2.24, 2.45) is 5.92 Å². The molecule has 2 aliphatic rings. The van der Waals surface area contributed by atoms with E-state index >= 15 is 0 Å². The van der Waals surface area contributed by atoms with E-state index in [-0.39, 0.29) is 12.1 Å². The third-order valence-corrected chi connectivity index (χ3v) is 6.98. The second-order valence-corrected chi connectivity index (χ2v) is 9.58. The minimum atomic E-state index is 0.0452. The first-order valence-electron chi connectivity index (χ1n) is 11.3. The molecule has 6 nitrogen and oxygen atoms in total. The maximum atomic E-state index is 12.4. The molecule has 2 aliphatic heterocycles. The van der Waals surface area contributed by atoms with Gasteiger partial charge in [-0.3, -0.25) is 0 Å². The largest absolute Gasteiger partial charge is 0.491 e. The van der Waals surface area contributed by atoms with Crippen LogP contribution in [0.1, 0.15) is 17.5 Å². The summed E-state index contributed by atoms with van der Waals surface area (Å²) in [5, 5.41) is 3.17. The third kappa shape index (κ3) is 6.24. The Morgan fingerprint density at radius 2 is 1.97 bits per heavy atom. The number of hydrogen-bond donors (Lipinski definition) is 1. The summed E-state index contributed by atoms with van der Waals surface area (Å²) in [4.78, 5) is 16.8. The van der Waals surface area contributed by atoms with E-state index in [4.69, 9.17) is 9.47 Å². The number of nitrogens with zero attached hydrogens (tertiary/aromatic N) is 2. The lowest BCUT2D eigenvalue weighted by molar-refractivity contribution is 0.146. The van der Waals surface area contributed by atoms with Gasteiger partial charge in [0.15, 0.2) is 0 Å². The SMILES string of the molecule is COCCOc1ccc(Br)c(CC2CCN(CC3CN(Cc4ccccc4)C(=O)N3)C2)c1. The fourth-order valence-electron chi connectivity index (χ4n) is 4.61. The van der Waals surface area contributed by atoms with Gasteiger partial charge in [0.2, 0.25) is 0 Å². The number of carbonyl (C=O) groups excluding carboxylic acids is 1. The number of likely N-dealkylation sites (tertiary alicyclic amines) is 1. The topological polar surface area (TPSA) is 54.0 Å². The van der Waals surface area contributed by atoms with Crippen LogP contribution >= 0.6 is 15.9 Å². The molecule has 32 heavy (non-hydrogen) atoms. The summed E-state index contributed by atoms with van der Waals surface area (Å²) in [6, 6.07) is 16.6. The summed E-state index contributed by atoms with van der Waals surface area (Å²) in [6.07, 6.45) is 2.20. The van der Waals surface area contributed by atoms with Crippen LogP contribution in [0.25, 0.3) is 0 Å². The number of urea groups is 1. The fourth-order valence-corrected chi connectivity index (χ4v) is 5.02. The lowest BCUT2D eigenvalue weighted by Crippen LogP contribution is -2.38. The van der Waals surface area contributed by atoms with E-state index in [0.29, 0.717) is 25.7 Å². The Balaban J connectivity index is 1.25. The second kappa shape index (κ2) is 11.2. The van der Waals surface area contributed by atoms with Gasteiger partial charge in [0.25, 0.3) is 0 Å². The van der Waals surface area contributed by atoms with Crippen LogP contribution in [0.4, 0.5) is 4.79 Å². The Kier molecular flexibility index (Phi) is 8.05. The number of methoxy groups -OCH3 is 1. The third-order valence-electron chi connectivity index (χ3n) is 6.20. The van der Waals surface area contributed by atoms with Gasteiger partial charge in [-0.25, -0.2) is 4.79 Å². The molecular formula is C25H32BrN3O3. The van der Waals surface area contributed by atoms with Crippen molar-refractivity contribution in [1.29, 1.82) is 0 Å². The van der Waals surface area contributed by atoms with E-state index in [2.05, 4.69) is 50.4 Å². The number of ether oxygens (including phenoxy) is 2. The Morgan fingerprint density at radius 1 is 1.12 bits per heavy atom. The average molecular weight is 502 g/mol. The molecule has 2 amide bonds. The van der Waals surface area contributed by atoms with Gasteiger partial charge in [-0.05, 0) is 54.6 Å². The molecule has 0 aliphatic carbocycles. The molecule has 0 radical (unpaired) electrons. The molecule has 172 valence electrons. The van der Waals surface area contributed by atoms with Crippen LogP contribution < -0.4 is 10.1 Å². The van der Waals surface area contributed by atoms with Gasteiger partial charge in [-0.1, -0.05) is 46.3 Å². The van der Waals surface area contributed by atoms with Crippen LogP contribution in [-0.4, -0.2) is 68.4 Å². The zero-order valence-corrected chi connectivity index (χ0v) is 20.2. The van der Waals surface area contributed by atoms with Crippen molar-refractivity contribution in [1.82, 2.24) is 15.1 Å². The van der Waals surface area contributed by atoms with E-state index in [9.17, 15) is 4.79 Å². The van der Waals surface area contributed by atoms with Crippen LogP contribution in [0.5, 0.6) is 5.75 Å². The number of rotatable bonds is 10. The predicted octanol–water partition coefficient (Wildman–Crippen LogP) is 3.93. The van der Waals surface area contributed by atoms with Gasteiger partial charge < -0.3 is 24.6 Å². The van der Waals surface area contributed by atoms with Gasteiger partial charge in [0.1, 0.15) is 12.4 Å². The highest BCUT2D eigenvalue weighted by Crippen LogP contribution is 2.28. The lowest BCUT2D eigenvalue weighted by Gasteiger charge is -2.20. The van der Waals surface area contributed by atoms with Crippen molar-refractivity contribution in [3.8, 4) is 5.75 Å². The maximum absolute atomic E-state index is 12.4. The standard InChI is InChI=1S/C25H32BrN3O3/c1-31-11-12-32-23-7-8-24(26)21(14-23)13-20-9-10-28(15-20)17-22-18-29(25(30)27-22)16-19-5-3-2-4-6-19/h2-8,14,20,22H,9-13,15-18H2,1H3,(H,27,30). The van der Waals surface area contributed by atoms with Gasteiger partial charge in [-0.15, -0.1) is 0 Å². The smallest absolute Gasteiger partial charge is 0.318 e. The Hall–Kier alpha value is -2.09. The molecule has 2 saturated heterocycles. The molecule has 0 bridgehead atoms. The lowest BCUT2D eigenvalue weighted by atomic mass is 9.98. The normalized spacial score (nSPS) is 21.2. The highest BCUT2D eigenvalue weighted by molar-refractivity contribution is 9.10. The Morgan fingerprint density at radius 3 is 2.78 bits per heavy atom. The van der Waals surface area contributed by atoms with Crippen molar-refractivity contribution in [2.45, 2.75) is 25.4 Å². The minimum absolute atomic E-state index is 0.0452. The first-order chi connectivity index (χ1) is 15.6. The molecule has 2 aromatic rings. The quantitative estimate of drug-likeness (QED) is 0.501. The summed E-state index contributed by atoms with van der Waals surface area (Å²) < 4.78 is 12.0. The number of benzene rings is 2. The van der Waals surface area contributed by atoms with Crippen molar-refractivity contribution >= 4 is 22.0 Å². The number of halogens is 1. The van der Waals surface area contributed by atoms with E-state index in [0.717, 1.165) is 42.8 Å². The summed E-state index contributed by atoms with van der Waals surface area (Å²) in [7, 11) is 1.68.